The zero-order valence-corrected chi connectivity index (χ0v) is 13.7. The lowest BCUT2D eigenvalue weighted by Crippen LogP contribution is -2.47. The smallest absolute Gasteiger partial charge is 0.0678 e. The van der Waals surface area contributed by atoms with Crippen LogP contribution < -0.4 is 5.32 Å². The molecule has 0 saturated heterocycles. The van der Waals surface area contributed by atoms with E-state index in [0.29, 0.717) is 6.04 Å². The molecule has 0 amide bonds. The molecule has 1 aliphatic carbocycles. The van der Waals surface area contributed by atoms with E-state index in [0.717, 1.165) is 18.9 Å². The monoisotopic (exact) mass is 290 g/mol. The summed E-state index contributed by atoms with van der Waals surface area (Å²) in [6.45, 7) is 6.89. The summed E-state index contributed by atoms with van der Waals surface area (Å²) in [5.41, 5.74) is 0.836. The lowest BCUT2D eigenvalue weighted by Gasteiger charge is -2.36. The maximum absolute atomic E-state index is 9.99. The number of likely N-dealkylation sites (N-methyl/N-ethyl adjacent to an activating group) is 1. The molecule has 2 N–H and O–H groups in total. The van der Waals surface area contributed by atoms with Crippen molar-refractivity contribution in [2.45, 2.75) is 44.7 Å². The molecule has 1 aromatic carbocycles. The molecule has 1 unspecified atom stereocenters. The molecule has 0 aromatic heterocycles. The number of nitrogens with zero attached hydrogens (tertiary/aromatic N) is 1. The maximum atomic E-state index is 9.99. The third-order valence-corrected chi connectivity index (χ3v) is 4.82. The van der Waals surface area contributed by atoms with Gasteiger partial charge in [0.2, 0.25) is 0 Å². The Labute approximate surface area is 129 Å². The molecule has 1 aromatic rings. The van der Waals surface area contributed by atoms with E-state index in [2.05, 4.69) is 36.2 Å². The molecule has 3 heteroatoms. The number of hydrogen-bond donors (Lipinski definition) is 2. The average molecular weight is 290 g/mol. The van der Waals surface area contributed by atoms with Crippen LogP contribution in [0.4, 0.5) is 0 Å². The zero-order chi connectivity index (χ0) is 15.3. The Bertz CT molecular complexity index is 410. The largest absolute Gasteiger partial charge is 0.394 e. The number of aliphatic hydroxyl groups is 1. The van der Waals surface area contributed by atoms with Crippen molar-refractivity contribution in [1.82, 2.24) is 10.2 Å². The number of benzene rings is 1. The fraction of sp³-hybridized carbons (Fsp3) is 0.667. The van der Waals surface area contributed by atoms with E-state index in [1.807, 2.05) is 25.2 Å². The summed E-state index contributed by atoms with van der Waals surface area (Å²) in [5.74, 6) is 0.905. The summed E-state index contributed by atoms with van der Waals surface area (Å²) >= 11 is 0. The molecule has 2 rings (SSSR count). The minimum atomic E-state index is -0.335. The lowest BCUT2D eigenvalue weighted by atomic mass is 9.87. The van der Waals surface area contributed by atoms with Crippen LogP contribution in [0.25, 0.3) is 0 Å². The first-order valence-corrected chi connectivity index (χ1v) is 8.20. The van der Waals surface area contributed by atoms with Crippen LogP contribution in [0.5, 0.6) is 0 Å². The maximum Gasteiger partial charge on any atom is 0.0678 e. The van der Waals surface area contributed by atoms with Crippen LogP contribution in [0.2, 0.25) is 0 Å². The minimum Gasteiger partial charge on any atom is -0.394 e. The number of aliphatic hydroxyl groups excluding tert-OH is 1. The standard InChI is InChI=1S/C18H30N2O/c1-15(2)20(13-16-9-10-16)12-11-18(14-21,19-3)17-7-5-4-6-8-17/h4-8,15-16,19,21H,9-14H2,1-3H3. The van der Waals surface area contributed by atoms with Crippen molar-refractivity contribution in [3.05, 3.63) is 35.9 Å². The second kappa shape index (κ2) is 7.39. The highest BCUT2D eigenvalue weighted by Crippen LogP contribution is 2.31. The number of rotatable bonds is 9. The molecule has 0 radical (unpaired) electrons. The SMILES string of the molecule is CNC(CO)(CCN(CC1CC1)C(C)C)c1ccccc1. The van der Waals surface area contributed by atoms with Crippen molar-refractivity contribution in [2.24, 2.45) is 5.92 Å². The van der Waals surface area contributed by atoms with Crippen LogP contribution in [-0.4, -0.2) is 42.8 Å². The summed E-state index contributed by atoms with van der Waals surface area (Å²) in [4.78, 5) is 2.56. The molecule has 118 valence electrons. The quantitative estimate of drug-likeness (QED) is 0.734. The predicted molar refractivity (Wildman–Crippen MR) is 88.3 cm³/mol. The highest BCUT2D eigenvalue weighted by molar-refractivity contribution is 5.24. The molecule has 3 nitrogen and oxygen atoms in total. The molecular formula is C18H30N2O. The van der Waals surface area contributed by atoms with Gasteiger partial charge in [-0.05, 0) is 51.6 Å². The van der Waals surface area contributed by atoms with Crippen molar-refractivity contribution in [3.63, 3.8) is 0 Å². The molecule has 1 saturated carbocycles. The first-order chi connectivity index (χ1) is 10.1. The Morgan fingerprint density at radius 1 is 1.29 bits per heavy atom. The van der Waals surface area contributed by atoms with E-state index in [-0.39, 0.29) is 12.1 Å². The summed E-state index contributed by atoms with van der Waals surface area (Å²) < 4.78 is 0. The molecular weight excluding hydrogens is 260 g/mol. The van der Waals surface area contributed by atoms with Gasteiger partial charge in [0.05, 0.1) is 12.1 Å². The van der Waals surface area contributed by atoms with Crippen LogP contribution in [0, 0.1) is 5.92 Å². The Morgan fingerprint density at radius 2 is 1.95 bits per heavy atom. The Hall–Kier alpha value is -0.900. The minimum absolute atomic E-state index is 0.128. The molecule has 1 aliphatic rings. The second-order valence-electron chi connectivity index (χ2n) is 6.64. The van der Waals surface area contributed by atoms with Gasteiger partial charge in [-0.1, -0.05) is 30.3 Å². The van der Waals surface area contributed by atoms with Gasteiger partial charge in [-0.2, -0.15) is 0 Å². The van der Waals surface area contributed by atoms with E-state index < -0.39 is 0 Å². The normalized spacial score (nSPS) is 18.2. The topological polar surface area (TPSA) is 35.5 Å². The van der Waals surface area contributed by atoms with Crippen molar-refractivity contribution in [1.29, 1.82) is 0 Å². The van der Waals surface area contributed by atoms with Gasteiger partial charge < -0.3 is 15.3 Å². The van der Waals surface area contributed by atoms with Crippen molar-refractivity contribution in [2.75, 3.05) is 26.7 Å². The van der Waals surface area contributed by atoms with Gasteiger partial charge in [0, 0.05) is 19.1 Å². The molecule has 1 fully saturated rings. The van der Waals surface area contributed by atoms with Crippen LogP contribution in [0.15, 0.2) is 30.3 Å². The van der Waals surface area contributed by atoms with Crippen LogP contribution in [-0.2, 0) is 5.54 Å². The van der Waals surface area contributed by atoms with Gasteiger partial charge >= 0.3 is 0 Å². The Kier molecular flexibility index (Phi) is 5.80. The molecule has 0 aliphatic heterocycles. The number of hydrogen-bond acceptors (Lipinski definition) is 3. The highest BCUT2D eigenvalue weighted by Gasteiger charge is 2.32. The molecule has 0 bridgehead atoms. The Balaban J connectivity index is 2.04. The molecule has 0 heterocycles. The van der Waals surface area contributed by atoms with E-state index in [1.54, 1.807) is 0 Å². The summed E-state index contributed by atoms with van der Waals surface area (Å²) in [6, 6.07) is 10.9. The lowest BCUT2D eigenvalue weighted by molar-refractivity contribution is 0.126. The van der Waals surface area contributed by atoms with Gasteiger partial charge in [-0.3, -0.25) is 0 Å². The van der Waals surface area contributed by atoms with Crippen molar-refractivity contribution in [3.8, 4) is 0 Å². The van der Waals surface area contributed by atoms with Gasteiger partial charge in [-0.25, -0.2) is 0 Å². The third kappa shape index (κ3) is 4.29. The fourth-order valence-corrected chi connectivity index (χ4v) is 2.95. The fourth-order valence-electron chi connectivity index (χ4n) is 2.95. The number of nitrogens with one attached hydrogen (secondary N) is 1. The zero-order valence-electron chi connectivity index (χ0n) is 13.7. The molecule has 1 atom stereocenters. The van der Waals surface area contributed by atoms with Crippen LogP contribution in [0.3, 0.4) is 0 Å². The summed E-state index contributed by atoms with van der Waals surface area (Å²) in [7, 11) is 1.95. The van der Waals surface area contributed by atoms with Gasteiger partial charge in [-0.15, -0.1) is 0 Å². The van der Waals surface area contributed by atoms with Gasteiger partial charge in [0.15, 0.2) is 0 Å². The average Bonchev–Trinajstić information content (AvgIpc) is 3.32. The van der Waals surface area contributed by atoms with Crippen molar-refractivity contribution < 1.29 is 5.11 Å². The summed E-state index contributed by atoms with van der Waals surface area (Å²) in [5, 5.41) is 13.4. The van der Waals surface area contributed by atoms with Crippen LogP contribution >= 0.6 is 0 Å². The first kappa shape index (κ1) is 16.5. The highest BCUT2D eigenvalue weighted by atomic mass is 16.3. The Morgan fingerprint density at radius 3 is 2.43 bits per heavy atom. The van der Waals surface area contributed by atoms with E-state index in [9.17, 15) is 5.11 Å². The first-order valence-electron chi connectivity index (χ1n) is 8.20. The van der Waals surface area contributed by atoms with E-state index in [1.165, 1.54) is 24.9 Å². The van der Waals surface area contributed by atoms with E-state index >= 15 is 0 Å². The molecule has 21 heavy (non-hydrogen) atoms. The summed E-state index contributed by atoms with van der Waals surface area (Å²) in [6.07, 6.45) is 3.70. The van der Waals surface area contributed by atoms with Crippen molar-refractivity contribution >= 4 is 0 Å². The predicted octanol–water partition coefficient (Wildman–Crippen LogP) is 2.60. The molecule has 0 spiro atoms. The second-order valence-corrected chi connectivity index (χ2v) is 6.64. The van der Waals surface area contributed by atoms with E-state index in [4.69, 9.17) is 0 Å². The van der Waals surface area contributed by atoms with Gasteiger partial charge in [0.25, 0.3) is 0 Å². The van der Waals surface area contributed by atoms with Crippen LogP contribution in [0.1, 0.15) is 38.7 Å². The third-order valence-electron chi connectivity index (χ3n) is 4.82. The van der Waals surface area contributed by atoms with Gasteiger partial charge in [0.1, 0.15) is 0 Å².